The average Bonchev–Trinajstić information content (AvgIpc) is 3.24. The lowest BCUT2D eigenvalue weighted by atomic mass is 9.96. The molecule has 1 atom stereocenters. The Labute approximate surface area is 102 Å². The molecule has 1 saturated carbocycles. The van der Waals surface area contributed by atoms with Gasteiger partial charge in [-0.05, 0) is 48.3 Å². The first-order valence-corrected chi connectivity index (χ1v) is 6.43. The Morgan fingerprint density at radius 2 is 1.94 bits per heavy atom. The predicted molar refractivity (Wildman–Crippen MR) is 66.6 cm³/mol. The summed E-state index contributed by atoms with van der Waals surface area (Å²) in [4.78, 5) is 0. The van der Waals surface area contributed by atoms with Crippen LogP contribution in [-0.4, -0.2) is 11.7 Å². The minimum Gasteiger partial charge on any atom is -0.501 e. The van der Waals surface area contributed by atoms with Gasteiger partial charge in [-0.1, -0.05) is 24.3 Å². The molecule has 3 rings (SSSR count). The summed E-state index contributed by atoms with van der Waals surface area (Å²) in [5.41, 5.74) is 3.39. The minimum atomic E-state index is -0.497. The Kier molecular flexibility index (Phi) is 2.89. The largest absolute Gasteiger partial charge is 0.501 e. The molecule has 0 aromatic heterocycles. The van der Waals surface area contributed by atoms with E-state index in [0.29, 0.717) is 0 Å². The van der Waals surface area contributed by atoms with Crippen molar-refractivity contribution in [1.82, 2.24) is 0 Å². The Bertz CT molecular complexity index is 415. The molecule has 17 heavy (non-hydrogen) atoms. The van der Waals surface area contributed by atoms with Crippen LogP contribution in [0.3, 0.4) is 0 Å². The monoisotopic (exact) mass is 230 g/mol. The molecule has 1 N–H and O–H groups in total. The minimum absolute atomic E-state index is 0.497. The van der Waals surface area contributed by atoms with Crippen LogP contribution in [-0.2, 0) is 4.74 Å². The lowest BCUT2D eigenvalue weighted by Crippen LogP contribution is -2.07. The zero-order valence-electron chi connectivity index (χ0n) is 9.93. The van der Waals surface area contributed by atoms with Gasteiger partial charge in [-0.2, -0.15) is 0 Å². The van der Waals surface area contributed by atoms with Crippen molar-refractivity contribution in [2.75, 3.05) is 6.61 Å². The van der Waals surface area contributed by atoms with Crippen LogP contribution in [0.4, 0.5) is 0 Å². The summed E-state index contributed by atoms with van der Waals surface area (Å²) in [5, 5.41) is 10.2. The van der Waals surface area contributed by atoms with Gasteiger partial charge in [0.05, 0.1) is 12.9 Å². The maximum atomic E-state index is 10.2. The summed E-state index contributed by atoms with van der Waals surface area (Å²) >= 11 is 0. The third kappa shape index (κ3) is 2.37. The number of aliphatic hydroxyl groups is 1. The fourth-order valence-corrected chi connectivity index (χ4v) is 2.37. The topological polar surface area (TPSA) is 29.5 Å². The van der Waals surface area contributed by atoms with Crippen LogP contribution in [0.25, 0.3) is 0 Å². The van der Waals surface area contributed by atoms with E-state index in [1.165, 1.54) is 18.4 Å². The molecule has 1 aliphatic heterocycles. The number of rotatable bonds is 3. The Morgan fingerprint density at radius 1 is 1.18 bits per heavy atom. The average molecular weight is 230 g/mol. The van der Waals surface area contributed by atoms with Gasteiger partial charge in [-0.15, -0.1) is 0 Å². The zero-order chi connectivity index (χ0) is 11.7. The second-order valence-corrected chi connectivity index (χ2v) is 5.01. The van der Waals surface area contributed by atoms with Crippen LogP contribution in [0.1, 0.15) is 48.8 Å². The molecule has 0 saturated heterocycles. The van der Waals surface area contributed by atoms with Crippen molar-refractivity contribution in [3.05, 3.63) is 47.2 Å². The third-order valence-electron chi connectivity index (χ3n) is 3.61. The van der Waals surface area contributed by atoms with Crippen LogP contribution >= 0.6 is 0 Å². The maximum absolute atomic E-state index is 10.2. The van der Waals surface area contributed by atoms with Gasteiger partial charge < -0.3 is 9.84 Å². The second kappa shape index (κ2) is 4.53. The van der Waals surface area contributed by atoms with E-state index in [1.807, 2.05) is 12.1 Å². The van der Waals surface area contributed by atoms with E-state index in [4.69, 9.17) is 4.74 Å². The van der Waals surface area contributed by atoms with Crippen LogP contribution in [0.5, 0.6) is 0 Å². The molecule has 1 aliphatic carbocycles. The van der Waals surface area contributed by atoms with Crippen molar-refractivity contribution < 1.29 is 9.84 Å². The molecule has 2 heteroatoms. The van der Waals surface area contributed by atoms with E-state index in [2.05, 4.69) is 12.1 Å². The highest BCUT2D eigenvalue weighted by molar-refractivity contribution is 5.32. The van der Waals surface area contributed by atoms with Gasteiger partial charge in [-0.3, -0.25) is 0 Å². The number of hydrogen-bond donors (Lipinski definition) is 1. The molecule has 0 amide bonds. The summed E-state index contributed by atoms with van der Waals surface area (Å²) in [6.45, 7) is 0.775. The molecule has 0 spiro atoms. The summed E-state index contributed by atoms with van der Waals surface area (Å²) < 4.78 is 5.27. The van der Waals surface area contributed by atoms with Crippen molar-refractivity contribution >= 4 is 0 Å². The second-order valence-electron chi connectivity index (χ2n) is 5.01. The quantitative estimate of drug-likeness (QED) is 0.863. The lowest BCUT2D eigenvalue weighted by molar-refractivity contribution is 0.170. The highest BCUT2D eigenvalue weighted by atomic mass is 16.5. The fourth-order valence-electron chi connectivity index (χ4n) is 2.37. The van der Waals surface area contributed by atoms with Crippen molar-refractivity contribution in [3.63, 3.8) is 0 Å². The molecule has 2 nitrogen and oxygen atoms in total. The van der Waals surface area contributed by atoms with Crippen LogP contribution in [0.2, 0.25) is 0 Å². The summed E-state index contributed by atoms with van der Waals surface area (Å²) in [6.07, 6.45) is 5.81. The van der Waals surface area contributed by atoms with Crippen LogP contribution in [0.15, 0.2) is 36.1 Å². The number of hydrogen-bond acceptors (Lipinski definition) is 2. The van der Waals surface area contributed by atoms with Crippen molar-refractivity contribution in [1.29, 1.82) is 0 Å². The fraction of sp³-hybridized carbons (Fsp3) is 0.467. The van der Waals surface area contributed by atoms with Gasteiger partial charge in [0.2, 0.25) is 0 Å². The van der Waals surface area contributed by atoms with E-state index < -0.39 is 6.10 Å². The molecule has 2 aliphatic rings. The first-order chi connectivity index (χ1) is 8.34. The Hall–Kier alpha value is -1.28. The molecular weight excluding hydrogens is 212 g/mol. The van der Waals surface area contributed by atoms with Gasteiger partial charge in [0.25, 0.3) is 0 Å². The molecule has 90 valence electrons. The number of aliphatic hydroxyl groups excluding tert-OH is 1. The molecule has 1 fully saturated rings. The van der Waals surface area contributed by atoms with E-state index >= 15 is 0 Å². The van der Waals surface area contributed by atoms with Gasteiger partial charge >= 0.3 is 0 Å². The number of benzene rings is 1. The van der Waals surface area contributed by atoms with Crippen molar-refractivity contribution in [2.24, 2.45) is 0 Å². The summed E-state index contributed by atoms with van der Waals surface area (Å²) in [7, 11) is 0. The van der Waals surface area contributed by atoms with Gasteiger partial charge in [0, 0.05) is 0 Å². The van der Waals surface area contributed by atoms with E-state index in [9.17, 15) is 5.11 Å². The van der Waals surface area contributed by atoms with E-state index in [-0.39, 0.29) is 0 Å². The SMILES string of the molecule is OC(C1=COCCC1)c1ccc(C2CC2)cc1. The zero-order valence-corrected chi connectivity index (χ0v) is 9.93. The third-order valence-corrected chi connectivity index (χ3v) is 3.61. The molecule has 1 heterocycles. The smallest absolute Gasteiger partial charge is 0.103 e. The van der Waals surface area contributed by atoms with Gasteiger partial charge in [0.15, 0.2) is 0 Å². The molecule has 0 radical (unpaired) electrons. The highest BCUT2D eigenvalue weighted by Gasteiger charge is 2.23. The lowest BCUT2D eigenvalue weighted by Gasteiger charge is -2.19. The van der Waals surface area contributed by atoms with E-state index in [0.717, 1.165) is 36.5 Å². The van der Waals surface area contributed by atoms with Gasteiger partial charge in [0.1, 0.15) is 6.10 Å². The highest BCUT2D eigenvalue weighted by Crippen LogP contribution is 2.40. The summed E-state index contributed by atoms with van der Waals surface area (Å²) in [5.74, 6) is 0.776. The molecule has 0 bridgehead atoms. The van der Waals surface area contributed by atoms with Crippen LogP contribution < -0.4 is 0 Å². The van der Waals surface area contributed by atoms with Crippen molar-refractivity contribution in [3.8, 4) is 0 Å². The predicted octanol–water partition coefficient (Wildman–Crippen LogP) is 3.29. The van der Waals surface area contributed by atoms with Crippen LogP contribution in [0, 0.1) is 0 Å². The normalized spacial score (nSPS) is 21.6. The summed E-state index contributed by atoms with van der Waals surface area (Å²) in [6, 6.07) is 8.41. The first kappa shape index (κ1) is 10.8. The van der Waals surface area contributed by atoms with E-state index in [1.54, 1.807) is 6.26 Å². The standard InChI is InChI=1S/C15H18O2/c16-15(14-2-1-9-17-10-14)13-7-5-12(6-8-13)11-3-4-11/h5-8,10-11,15-16H,1-4,9H2. The molecule has 1 aromatic rings. The maximum Gasteiger partial charge on any atom is 0.103 e. The Balaban J connectivity index is 1.75. The molecule has 1 aromatic carbocycles. The molecule has 1 unspecified atom stereocenters. The Morgan fingerprint density at radius 3 is 2.53 bits per heavy atom. The molecular formula is C15H18O2. The number of ether oxygens (including phenoxy) is 1. The van der Waals surface area contributed by atoms with Crippen molar-refractivity contribution in [2.45, 2.75) is 37.7 Å². The first-order valence-electron chi connectivity index (χ1n) is 6.43. The van der Waals surface area contributed by atoms with Gasteiger partial charge in [-0.25, -0.2) is 0 Å².